The Morgan fingerprint density at radius 3 is 2.03 bits per heavy atom. The molecule has 7 heteroatoms. The van der Waals surface area contributed by atoms with Crippen LogP contribution in [0, 0.1) is 19.7 Å². The van der Waals surface area contributed by atoms with Crippen molar-refractivity contribution in [2.75, 3.05) is 10.2 Å². The summed E-state index contributed by atoms with van der Waals surface area (Å²) in [6, 6.07) is 15.6. The number of anilines is 2. The Labute approximate surface area is 188 Å². The molecular formula is C24H17Cl2FN2O2. The number of hydrogen-bond acceptors (Lipinski definition) is 3. The smallest absolute Gasteiger partial charge is 0.282 e. The average Bonchev–Trinajstić information content (AvgIpc) is 2.95. The monoisotopic (exact) mass is 454 g/mol. The van der Waals surface area contributed by atoms with Gasteiger partial charge in [-0.25, -0.2) is 9.29 Å². The lowest BCUT2D eigenvalue weighted by Gasteiger charge is -2.18. The molecule has 0 radical (unpaired) electrons. The number of nitrogens with zero attached hydrogens (tertiary/aromatic N) is 1. The highest BCUT2D eigenvalue weighted by molar-refractivity contribution is 6.46. The number of rotatable bonds is 4. The topological polar surface area (TPSA) is 49.4 Å². The number of carbonyl (C=O) groups excluding carboxylic acids is 2. The van der Waals surface area contributed by atoms with Crippen molar-refractivity contribution in [1.29, 1.82) is 0 Å². The van der Waals surface area contributed by atoms with Crippen LogP contribution in [-0.4, -0.2) is 11.8 Å². The summed E-state index contributed by atoms with van der Waals surface area (Å²) in [6.45, 7) is 3.61. The fraction of sp³-hybridized carbons (Fsp3) is 0.0833. The maximum Gasteiger partial charge on any atom is 0.282 e. The van der Waals surface area contributed by atoms with Crippen molar-refractivity contribution in [3.05, 3.63) is 98.9 Å². The quantitative estimate of drug-likeness (QED) is 0.481. The Morgan fingerprint density at radius 2 is 1.42 bits per heavy atom. The van der Waals surface area contributed by atoms with Crippen LogP contribution in [0.4, 0.5) is 15.8 Å². The molecule has 2 amide bonds. The molecule has 0 aliphatic carbocycles. The van der Waals surface area contributed by atoms with Gasteiger partial charge < -0.3 is 5.32 Å². The van der Waals surface area contributed by atoms with Crippen molar-refractivity contribution in [2.24, 2.45) is 0 Å². The molecule has 31 heavy (non-hydrogen) atoms. The zero-order valence-corrected chi connectivity index (χ0v) is 18.2. The number of imide groups is 1. The molecule has 3 aromatic rings. The summed E-state index contributed by atoms with van der Waals surface area (Å²) in [7, 11) is 0. The third-order valence-corrected chi connectivity index (χ3v) is 5.53. The van der Waals surface area contributed by atoms with Crippen LogP contribution in [0.2, 0.25) is 10.0 Å². The van der Waals surface area contributed by atoms with Crippen LogP contribution in [0.5, 0.6) is 0 Å². The number of hydrogen-bond donors (Lipinski definition) is 1. The molecule has 156 valence electrons. The van der Waals surface area contributed by atoms with Crippen molar-refractivity contribution < 1.29 is 14.0 Å². The molecule has 4 rings (SSSR count). The van der Waals surface area contributed by atoms with Crippen LogP contribution >= 0.6 is 23.2 Å². The first-order valence-electron chi connectivity index (χ1n) is 9.44. The summed E-state index contributed by atoms with van der Waals surface area (Å²) in [5, 5.41) is 4.16. The van der Waals surface area contributed by atoms with Gasteiger partial charge in [0.15, 0.2) is 0 Å². The number of carbonyl (C=O) groups is 2. The minimum atomic E-state index is -0.510. The Balaban J connectivity index is 1.85. The lowest BCUT2D eigenvalue weighted by atomic mass is 10.0. The van der Waals surface area contributed by atoms with Gasteiger partial charge in [0.1, 0.15) is 11.5 Å². The van der Waals surface area contributed by atoms with Crippen LogP contribution < -0.4 is 10.2 Å². The van der Waals surface area contributed by atoms with Crippen molar-refractivity contribution >= 4 is 52.0 Å². The van der Waals surface area contributed by atoms with E-state index in [2.05, 4.69) is 5.32 Å². The fourth-order valence-electron chi connectivity index (χ4n) is 3.52. The van der Waals surface area contributed by atoms with Crippen molar-refractivity contribution in [3.8, 4) is 0 Å². The third kappa shape index (κ3) is 3.94. The molecule has 0 fully saturated rings. The number of halogens is 3. The number of aryl methyl sites for hydroxylation is 2. The second kappa shape index (κ2) is 8.17. The first-order valence-corrected chi connectivity index (χ1v) is 10.2. The van der Waals surface area contributed by atoms with Crippen LogP contribution in [0.3, 0.4) is 0 Å². The van der Waals surface area contributed by atoms with Crippen LogP contribution in [0.1, 0.15) is 16.7 Å². The summed E-state index contributed by atoms with van der Waals surface area (Å²) >= 11 is 12.1. The predicted octanol–water partition coefficient (Wildman–Crippen LogP) is 6.15. The van der Waals surface area contributed by atoms with Gasteiger partial charge in [0.2, 0.25) is 0 Å². The number of benzene rings is 3. The Bertz CT molecular complexity index is 1250. The highest BCUT2D eigenvalue weighted by atomic mass is 35.5. The van der Waals surface area contributed by atoms with Gasteiger partial charge in [0.05, 0.1) is 11.3 Å². The van der Waals surface area contributed by atoms with Crippen molar-refractivity contribution in [2.45, 2.75) is 13.8 Å². The van der Waals surface area contributed by atoms with Crippen LogP contribution in [0.15, 0.2) is 66.4 Å². The first kappa shape index (κ1) is 21.1. The highest BCUT2D eigenvalue weighted by Crippen LogP contribution is 2.36. The molecule has 1 aliphatic heterocycles. The van der Waals surface area contributed by atoms with E-state index < -0.39 is 17.6 Å². The van der Waals surface area contributed by atoms with Crippen LogP contribution in [-0.2, 0) is 9.59 Å². The standard InChI is InChI=1S/C24H17Cl2FN2O2/c1-13-11-16(25)5-9-19(13)28-22-21(15-3-7-18(27)8-4-15)23(30)29(24(22)31)20-10-6-17(26)12-14(20)2/h3-12,28H,1-2H3. The highest BCUT2D eigenvalue weighted by Gasteiger charge is 2.41. The lowest BCUT2D eigenvalue weighted by Crippen LogP contribution is -2.33. The van der Waals surface area contributed by atoms with E-state index in [1.165, 1.54) is 24.3 Å². The summed E-state index contributed by atoms with van der Waals surface area (Å²) in [5.74, 6) is -1.45. The lowest BCUT2D eigenvalue weighted by molar-refractivity contribution is -0.120. The molecule has 0 aromatic heterocycles. The van der Waals surface area contributed by atoms with E-state index in [1.807, 2.05) is 6.92 Å². The van der Waals surface area contributed by atoms with E-state index in [4.69, 9.17) is 23.2 Å². The summed E-state index contributed by atoms with van der Waals surface area (Å²) in [5.41, 5.74) is 3.25. The Hall–Kier alpha value is -3.15. The SMILES string of the molecule is Cc1cc(Cl)ccc1NC1=C(c2ccc(F)cc2)C(=O)N(c2ccc(Cl)cc2C)C1=O. The molecular weight excluding hydrogens is 438 g/mol. The van der Waals surface area contributed by atoms with E-state index in [0.717, 1.165) is 10.5 Å². The van der Waals surface area contributed by atoms with Gasteiger partial charge >= 0.3 is 0 Å². The zero-order chi connectivity index (χ0) is 22.3. The molecule has 3 aromatic carbocycles. The van der Waals surface area contributed by atoms with Gasteiger partial charge in [-0.15, -0.1) is 0 Å². The molecule has 1 N–H and O–H groups in total. The zero-order valence-electron chi connectivity index (χ0n) is 16.7. The Morgan fingerprint density at radius 1 is 0.806 bits per heavy atom. The molecule has 1 heterocycles. The second-order valence-corrected chi connectivity index (χ2v) is 8.09. The van der Waals surface area contributed by atoms with E-state index in [1.54, 1.807) is 43.3 Å². The first-order chi connectivity index (χ1) is 14.8. The number of amides is 2. The normalized spacial score (nSPS) is 13.9. The fourth-order valence-corrected chi connectivity index (χ4v) is 3.97. The van der Waals surface area contributed by atoms with Gasteiger partial charge in [-0.1, -0.05) is 35.3 Å². The molecule has 0 atom stereocenters. The van der Waals surface area contributed by atoms with Gasteiger partial charge in [0.25, 0.3) is 11.8 Å². The molecule has 4 nitrogen and oxygen atoms in total. The molecule has 0 spiro atoms. The Kier molecular flexibility index (Phi) is 5.56. The van der Waals surface area contributed by atoms with E-state index >= 15 is 0 Å². The molecule has 0 saturated heterocycles. The van der Waals surface area contributed by atoms with E-state index in [-0.39, 0.29) is 11.3 Å². The van der Waals surface area contributed by atoms with Crippen LogP contribution in [0.25, 0.3) is 5.57 Å². The minimum Gasteiger partial charge on any atom is -0.350 e. The maximum atomic E-state index is 13.5. The van der Waals surface area contributed by atoms with Gasteiger partial charge in [0, 0.05) is 15.7 Å². The van der Waals surface area contributed by atoms with Gasteiger partial charge in [-0.3, -0.25) is 9.59 Å². The maximum absolute atomic E-state index is 13.5. The second-order valence-electron chi connectivity index (χ2n) is 7.22. The largest absolute Gasteiger partial charge is 0.350 e. The van der Waals surface area contributed by atoms with E-state index in [0.29, 0.717) is 32.5 Å². The molecule has 1 aliphatic rings. The average molecular weight is 455 g/mol. The van der Waals surface area contributed by atoms with Gasteiger partial charge in [-0.05, 0) is 79.1 Å². The molecule has 0 bridgehead atoms. The van der Waals surface area contributed by atoms with E-state index in [9.17, 15) is 14.0 Å². The predicted molar refractivity (Wildman–Crippen MR) is 122 cm³/mol. The summed E-state index contributed by atoms with van der Waals surface area (Å²) < 4.78 is 13.5. The minimum absolute atomic E-state index is 0.108. The molecule has 0 unspecified atom stereocenters. The molecule has 0 saturated carbocycles. The van der Waals surface area contributed by atoms with Crippen molar-refractivity contribution in [3.63, 3.8) is 0 Å². The third-order valence-electron chi connectivity index (χ3n) is 5.06. The van der Waals surface area contributed by atoms with Gasteiger partial charge in [-0.2, -0.15) is 0 Å². The summed E-state index contributed by atoms with van der Waals surface area (Å²) in [6.07, 6.45) is 0. The number of nitrogens with one attached hydrogen (secondary N) is 1. The van der Waals surface area contributed by atoms with Crippen molar-refractivity contribution in [1.82, 2.24) is 0 Å². The summed E-state index contributed by atoms with van der Waals surface area (Å²) in [4.78, 5) is 28.0.